The number of hydrogen-bond acceptors (Lipinski definition) is 5. The molecule has 4 nitrogen and oxygen atoms in total. The molecule has 186 valence electrons. The third-order valence-electron chi connectivity index (χ3n) is 6.03. The van der Waals surface area contributed by atoms with Crippen molar-refractivity contribution in [2.75, 3.05) is 6.54 Å². The summed E-state index contributed by atoms with van der Waals surface area (Å²) in [5, 5.41) is 12.3. The molecule has 3 rings (SSSR count). The van der Waals surface area contributed by atoms with Gasteiger partial charge in [0, 0.05) is 40.4 Å². The van der Waals surface area contributed by atoms with E-state index in [1.807, 2.05) is 43.3 Å². The monoisotopic (exact) mass is 490 g/mol. The first kappa shape index (κ1) is 26.7. The number of rotatable bonds is 12. The van der Waals surface area contributed by atoms with E-state index in [2.05, 4.69) is 26.8 Å². The molecule has 3 N–H and O–H groups in total. The van der Waals surface area contributed by atoms with Gasteiger partial charge < -0.3 is 15.6 Å². The molecule has 0 aliphatic heterocycles. The van der Waals surface area contributed by atoms with Crippen LogP contribution in [0.2, 0.25) is 0 Å². The molecule has 1 aliphatic carbocycles. The normalized spacial score (nSPS) is 14.9. The molecule has 1 fully saturated rings. The summed E-state index contributed by atoms with van der Waals surface area (Å²) in [5.74, 6) is 2.81. The molecule has 1 aliphatic rings. The highest BCUT2D eigenvalue weighted by Gasteiger charge is 2.26. The molecule has 2 aromatic carbocycles. The zero-order chi connectivity index (χ0) is 25.4. The summed E-state index contributed by atoms with van der Waals surface area (Å²) in [5.41, 5.74) is 11.2. The molecular weight excluding hydrogens is 452 g/mol. The summed E-state index contributed by atoms with van der Waals surface area (Å²) in [6, 6.07) is 11.4. The van der Waals surface area contributed by atoms with E-state index in [-0.39, 0.29) is 5.75 Å². The molecule has 2 aromatic rings. The topological polar surface area (TPSA) is 67.8 Å². The largest absolute Gasteiger partial charge is 0.507 e. The van der Waals surface area contributed by atoms with Crippen LogP contribution in [0.3, 0.4) is 0 Å². The van der Waals surface area contributed by atoms with E-state index in [1.54, 1.807) is 11.4 Å². The van der Waals surface area contributed by atoms with E-state index in [9.17, 15) is 5.11 Å². The summed E-state index contributed by atoms with van der Waals surface area (Å²) < 4.78 is 6.35. The van der Waals surface area contributed by atoms with E-state index < -0.39 is 0 Å². The van der Waals surface area contributed by atoms with Crippen molar-refractivity contribution in [2.45, 2.75) is 59.8 Å². The van der Waals surface area contributed by atoms with E-state index in [4.69, 9.17) is 27.7 Å². The molecule has 35 heavy (non-hydrogen) atoms. The van der Waals surface area contributed by atoms with Crippen molar-refractivity contribution >= 4 is 29.0 Å². The Bertz CT molecular complexity index is 1130. The van der Waals surface area contributed by atoms with Crippen molar-refractivity contribution in [3.05, 3.63) is 65.4 Å². The number of thiocarbonyl (C=S) groups is 1. The van der Waals surface area contributed by atoms with Crippen LogP contribution in [0, 0.1) is 11.8 Å². The summed E-state index contributed by atoms with van der Waals surface area (Å²) in [6.07, 6.45) is 9.37. The van der Waals surface area contributed by atoms with Crippen molar-refractivity contribution < 1.29 is 9.84 Å². The number of benzene rings is 2. The Morgan fingerprint density at radius 2 is 2.00 bits per heavy atom. The van der Waals surface area contributed by atoms with Gasteiger partial charge in [0.05, 0.1) is 0 Å². The first-order chi connectivity index (χ1) is 16.8. The average molecular weight is 491 g/mol. The van der Waals surface area contributed by atoms with Gasteiger partial charge in [-0.05, 0) is 73.9 Å². The van der Waals surface area contributed by atoms with E-state index in [0.717, 1.165) is 54.0 Å². The fourth-order valence-electron chi connectivity index (χ4n) is 3.82. The Labute approximate surface area is 215 Å². The van der Waals surface area contributed by atoms with Gasteiger partial charge in [-0.3, -0.25) is 4.99 Å². The number of phenols is 1. The second-order valence-electron chi connectivity index (χ2n) is 9.67. The molecular formula is C30H38N2O2S. The van der Waals surface area contributed by atoms with Crippen LogP contribution in [0.4, 0.5) is 0 Å². The zero-order valence-electron chi connectivity index (χ0n) is 21.4. The molecule has 5 heteroatoms. The molecule has 0 heterocycles. The Kier molecular flexibility index (Phi) is 9.67. The number of nitrogens with zero attached hydrogens (tertiary/aromatic N) is 1. The third-order valence-corrected chi connectivity index (χ3v) is 6.31. The van der Waals surface area contributed by atoms with Crippen LogP contribution in [0.1, 0.15) is 70.9 Å². The third kappa shape index (κ3) is 7.79. The maximum Gasteiger partial charge on any atom is 0.135 e. The van der Waals surface area contributed by atoms with Gasteiger partial charge in [-0.2, -0.15) is 0 Å². The van der Waals surface area contributed by atoms with Crippen molar-refractivity contribution in [1.82, 2.24) is 0 Å². The Morgan fingerprint density at radius 1 is 1.23 bits per heavy atom. The lowest BCUT2D eigenvalue weighted by molar-refractivity contribution is 0.430. The van der Waals surface area contributed by atoms with Gasteiger partial charge in [-0.15, -0.1) is 0 Å². The molecule has 0 bridgehead atoms. The summed E-state index contributed by atoms with van der Waals surface area (Å²) in [6.45, 7) is 9.36. The molecule has 0 saturated heterocycles. The Morgan fingerprint density at radius 3 is 2.63 bits per heavy atom. The molecule has 0 amide bonds. The highest BCUT2D eigenvalue weighted by Crippen LogP contribution is 2.36. The second-order valence-corrected chi connectivity index (χ2v) is 9.91. The van der Waals surface area contributed by atoms with Gasteiger partial charge in [0.2, 0.25) is 0 Å². The maximum absolute atomic E-state index is 10.7. The fourth-order valence-corrected chi connectivity index (χ4v) is 3.97. The van der Waals surface area contributed by atoms with Gasteiger partial charge in [0.1, 0.15) is 17.3 Å². The summed E-state index contributed by atoms with van der Waals surface area (Å²) >= 11 is 5.16. The van der Waals surface area contributed by atoms with Crippen LogP contribution < -0.4 is 10.5 Å². The SMILES string of the molecule is CCC/C=C(/N)c1ccc(-c2ccc(C=S)cc2O/C(C)=C/C(=N\CCC(C)C)C2CC2)cc1O. The van der Waals surface area contributed by atoms with E-state index in [1.165, 1.54) is 12.8 Å². The van der Waals surface area contributed by atoms with Gasteiger partial charge in [0.25, 0.3) is 0 Å². The predicted octanol–water partition coefficient (Wildman–Crippen LogP) is 7.69. The smallest absolute Gasteiger partial charge is 0.135 e. The van der Waals surface area contributed by atoms with Crippen molar-refractivity contribution in [3.63, 3.8) is 0 Å². The number of unbranched alkanes of at least 4 members (excludes halogenated alkanes) is 1. The maximum atomic E-state index is 10.7. The number of aliphatic imine (C=N–C) groups is 1. The molecule has 0 atom stereocenters. The number of nitrogens with two attached hydrogens (primary N) is 1. The predicted molar refractivity (Wildman–Crippen MR) is 152 cm³/mol. The molecule has 0 unspecified atom stereocenters. The van der Waals surface area contributed by atoms with Gasteiger partial charge in [-0.1, -0.05) is 63.7 Å². The number of allylic oxidation sites excluding steroid dienone is 3. The van der Waals surface area contributed by atoms with Gasteiger partial charge in [0.15, 0.2) is 0 Å². The minimum Gasteiger partial charge on any atom is -0.507 e. The highest BCUT2D eigenvalue weighted by atomic mass is 32.1. The van der Waals surface area contributed by atoms with Crippen LogP contribution >= 0.6 is 12.2 Å². The number of ether oxygens (including phenoxy) is 1. The standard InChI is InChI=1S/C30H38N2O2S/c1-5-6-7-27(31)26-13-11-24(18-29(26)33)25-12-8-22(19-35)17-30(25)34-21(4)16-28(23-9-10-23)32-15-14-20(2)3/h7-8,11-13,16-20,23,33H,5-6,9-10,14-15,31H2,1-4H3/b21-16+,27-7+,32-28+. The Hall–Kier alpha value is -2.92. The summed E-state index contributed by atoms with van der Waals surface area (Å²) in [7, 11) is 0. The quantitative estimate of drug-likeness (QED) is 0.182. The summed E-state index contributed by atoms with van der Waals surface area (Å²) in [4.78, 5) is 4.87. The first-order valence-electron chi connectivity index (χ1n) is 12.6. The van der Waals surface area contributed by atoms with Crippen LogP contribution in [0.5, 0.6) is 11.5 Å². The molecule has 0 spiro atoms. The Balaban J connectivity index is 1.90. The highest BCUT2D eigenvalue weighted by molar-refractivity contribution is 7.79. The molecule has 0 aromatic heterocycles. The lowest BCUT2D eigenvalue weighted by Crippen LogP contribution is -2.04. The molecule has 1 saturated carbocycles. The van der Waals surface area contributed by atoms with Crippen LogP contribution in [0.25, 0.3) is 16.8 Å². The van der Waals surface area contributed by atoms with E-state index in [0.29, 0.717) is 28.8 Å². The molecule has 0 radical (unpaired) electrons. The van der Waals surface area contributed by atoms with Crippen LogP contribution in [-0.2, 0) is 0 Å². The second kappa shape index (κ2) is 12.7. The fraction of sp³-hybridized carbons (Fsp3) is 0.400. The average Bonchev–Trinajstić information content (AvgIpc) is 3.67. The van der Waals surface area contributed by atoms with Crippen molar-refractivity contribution in [2.24, 2.45) is 22.6 Å². The number of aromatic hydroxyl groups is 1. The van der Waals surface area contributed by atoms with Crippen molar-refractivity contribution in [3.8, 4) is 22.6 Å². The minimum absolute atomic E-state index is 0.151. The zero-order valence-corrected chi connectivity index (χ0v) is 22.2. The minimum atomic E-state index is 0.151. The van der Waals surface area contributed by atoms with Crippen LogP contribution in [0.15, 0.2) is 59.3 Å². The van der Waals surface area contributed by atoms with Gasteiger partial charge in [-0.25, -0.2) is 0 Å². The lowest BCUT2D eigenvalue weighted by Gasteiger charge is -2.15. The lowest BCUT2D eigenvalue weighted by atomic mass is 9.99. The van der Waals surface area contributed by atoms with Gasteiger partial charge >= 0.3 is 0 Å². The number of phenolic OH excluding ortho intramolecular Hbond substituents is 1. The number of hydrogen-bond donors (Lipinski definition) is 2. The van der Waals surface area contributed by atoms with Crippen molar-refractivity contribution in [1.29, 1.82) is 0 Å². The van der Waals surface area contributed by atoms with Crippen LogP contribution in [-0.4, -0.2) is 22.7 Å². The first-order valence-corrected chi connectivity index (χ1v) is 13.1. The van der Waals surface area contributed by atoms with E-state index >= 15 is 0 Å².